The minimum absolute atomic E-state index is 0.0437. The lowest BCUT2D eigenvalue weighted by molar-refractivity contribution is 0.0989. The van der Waals surface area contributed by atoms with Crippen molar-refractivity contribution in [2.24, 2.45) is 0 Å². The Labute approximate surface area is 190 Å². The second-order valence-electron chi connectivity index (χ2n) is 5.83. The van der Waals surface area contributed by atoms with Crippen LogP contribution in [0.15, 0.2) is 77.7 Å². The molecule has 2 N–H and O–H groups in total. The van der Waals surface area contributed by atoms with Crippen molar-refractivity contribution in [1.82, 2.24) is 0 Å². The topological polar surface area (TPSA) is 57.5 Å². The van der Waals surface area contributed by atoms with Gasteiger partial charge in [-0.2, -0.15) is 0 Å². The third-order valence-electron chi connectivity index (χ3n) is 3.87. The minimum Gasteiger partial charge on any atom is -0.508 e. The molecule has 144 valence electrons. The van der Waals surface area contributed by atoms with E-state index in [0.29, 0.717) is 16.2 Å². The molecule has 0 bridgehead atoms. The van der Waals surface area contributed by atoms with Crippen molar-refractivity contribution in [3.63, 3.8) is 0 Å². The Kier molecular flexibility index (Phi) is 8.73. The third kappa shape index (κ3) is 6.55. The van der Waals surface area contributed by atoms with Crippen LogP contribution in [0.25, 0.3) is 0 Å². The molecule has 0 aliphatic carbocycles. The number of Topliss-reactive ketones (excluding diaryl/α,β-unsaturated/α-hetero) is 1. The number of aromatic hydroxyl groups is 2. The highest BCUT2D eigenvalue weighted by Gasteiger charge is 2.24. The van der Waals surface area contributed by atoms with E-state index in [-0.39, 0.29) is 11.5 Å². The molecular formula is C21H18IO3PS2. The summed E-state index contributed by atoms with van der Waals surface area (Å²) in [7, 11) is 0. The fourth-order valence-electron chi connectivity index (χ4n) is 2.47. The third-order valence-corrected chi connectivity index (χ3v) is 5.19. The number of benzene rings is 3. The lowest BCUT2D eigenvalue weighted by Crippen LogP contribution is -2.10. The summed E-state index contributed by atoms with van der Waals surface area (Å²) in [6.45, 7) is 1.97. The number of carbonyl (C=O) groups is 1. The molecule has 3 aromatic carbocycles. The van der Waals surface area contributed by atoms with Gasteiger partial charge in [0.2, 0.25) is 0 Å². The zero-order chi connectivity index (χ0) is 21.2. The molecule has 0 saturated carbocycles. The Hall–Kier alpha value is -1.47. The van der Waals surface area contributed by atoms with Crippen LogP contribution in [0.3, 0.4) is 0 Å². The molecular weight excluding hydrogens is 522 g/mol. The second-order valence-corrected chi connectivity index (χ2v) is 11.1. The van der Waals surface area contributed by atoms with E-state index >= 15 is 0 Å². The lowest BCUT2D eigenvalue weighted by atomic mass is 10.0. The SMILES string of the molecule is S=PI.[3H]Oc1ccc(C(Sc2ccccc2O)C(=O)c2ccc(C)cc2)cc1. The normalized spacial score (nSPS) is 11.7. The van der Waals surface area contributed by atoms with E-state index in [1.807, 2.05) is 37.3 Å². The first-order valence-corrected chi connectivity index (χ1v) is 13.8. The van der Waals surface area contributed by atoms with Crippen LogP contribution in [0.2, 0.25) is 0 Å². The molecule has 1 atom stereocenters. The molecule has 3 aromatic rings. The Morgan fingerprint density at radius 2 is 1.71 bits per heavy atom. The number of rotatable bonds is 6. The monoisotopic (exact) mass is 542 g/mol. The average Bonchev–Trinajstić information content (AvgIpc) is 2.74. The van der Waals surface area contributed by atoms with Crippen LogP contribution in [0, 0.1) is 6.92 Å². The molecule has 3 rings (SSSR count). The van der Waals surface area contributed by atoms with E-state index < -0.39 is 5.25 Å². The first-order chi connectivity index (χ1) is 14.0. The maximum Gasteiger partial charge on any atom is 0.293 e. The Morgan fingerprint density at radius 1 is 1.11 bits per heavy atom. The van der Waals surface area contributed by atoms with E-state index in [0.717, 1.165) is 16.1 Å². The number of hydrogen-bond acceptors (Lipinski definition) is 5. The molecule has 0 radical (unpaired) electrons. The number of phenolic OH excluding ortho intramolecular Hbond substituents is 2. The minimum atomic E-state index is -0.522. The average molecular weight is 542 g/mol. The predicted molar refractivity (Wildman–Crippen MR) is 129 cm³/mol. The van der Waals surface area contributed by atoms with Crippen molar-refractivity contribution in [2.45, 2.75) is 17.1 Å². The van der Waals surface area contributed by atoms with E-state index in [2.05, 4.69) is 39.0 Å². The number of para-hydroxylation sites is 1. The molecule has 0 saturated heterocycles. The van der Waals surface area contributed by atoms with Gasteiger partial charge in [-0.25, -0.2) is 0 Å². The summed E-state index contributed by atoms with van der Waals surface area (Å²) < 4.78 is 6.96. The Balaban J connectivity index is 0.000000941. The highest BCUT2D eigenvalue weighted by molar-refractivity contribution is 14.2. The maximum atomic E-state index is 13.2. The number of aryl methyl sites for hydroxylation is 1. The number of thioether (sulfide) groups is 1. The first kappa shape index (κ1) is 21.2. The summed E-state index contributed by atoms with van der Waals surface area (Å²) >= 11 is 7.73. The summed E-state index contributed by atoms with van der Waals surface area (Å²) in [5.41, 5.74) is 2.48. The molecule has 0 aliphatic heterocycles. The van der Waals surface area contributed by atoms with Crippen molar-refractivity contribution in [3.05, 3.63) is 89.5 Å². The molecule has 1 unspecified atom stereocenters. The smallest absolute Gasteiger partial charge is 0.293 e. The van der Waals surface area contributed by atoms with Crippen LogP contribution in [-0.2, 0) is 11.8 Å². The lowest BCUT2D eigenvalue weighted by Gasteiger charge is -2.17. The van der Waals surface area contributed by atoms with Gasteiger partial charge in [-0.1, -0.05) is 54.1 Å². The summed E-state index contributed by atoms with van der Waals surface area (Å²) in [5.74, 6) is 0.506. The van der Waals surface area contributed by atoms with Gasteiger partial charge in [-0.05, 0) is 70.6 Å². The highest BCUT2D eigenvalue weighted by Crippen LogP contribution is 2.41. The van der Waals surface area contributed by atoms with Gasteiger partial charge >= 0.3 is 0 Å². The van der Waals surface area contributed by atoms with Crippen molar-refractivity contribution in [1.29, 1.82) is 1.43 Å². The van der Waals surface area contributed by atoms with Crippen molar-refractivity contribution < 1.29 is 15.0 Å². The van der Waals surface area contributed by atoms with Crippen molar-refractivity contribution >= 4 is 56.4 Å². The predicted octanol–water partition coefficient (Wildman–Crippen LogP) is 6.87. The van der Waals surface area contributed by atoms with E-state index in [4.69, 9.17) is 1.43 Å². The van der Waals surface area contributed by atoms with Crippen LogP contribution in [0.4, 0.5) is 0 Å². The molecule has 7 heteroatoms. The molecule has 0 aromatic heterocycles. The fourth-order valence-corrected chi connectivity index (χ4v) is 3.60. The van der Waals surface area contributed by atoms with E-state index in [1.165, 1.54) is 11.8 Å². The van der Waals surface area contributed by atoms with Gasteiger partial charge in [0.1, 0.15) is 11.5 Å². The Bertz CT molecular complexity index is 953. The van der Waals surface area contributed by atoms with Crippen molar-refractivity contribution in [3.8, 4) is 11.5 Å². The number of carbonyl (C=O) groups excluding carboxylic acids is 1. The molecule has 0 fully saturated rings. The van der Waals surface area contributed by atoms with Gasteiger partial charge < -0.3 is 10.2 Å². The summed E-state index contributed by atoms with van der Waals surface area (Å²) in [5, 5.41) is 14.0. The van der Waals surface area contributed by atoms with Crippen LogP contribution in [0.1, 0.15) is 26.7 Å². The van der Waals surface area contributed by atoms with E-state index in [9.17, 15) is 9.90 Å². The number of hydrogen-bond donors (Lipinski definition) is 2. The second kappa shape index (κ2) is 11.5. The standard InChI is InChI=1S/C21H18O3S.IPS/c1-14-6-8-15(9-7-14)20(24)21(16-10-12-17(22)13-11-16)25-19-5-3-2-4-18(19)23;1-2-3/h2-13,21-23H,1H3;/i/hT. The van der Waals surface area contributed by atoms with Crippen molar-refractivity contribution in [2.75, 3.05) is 0 Å². The number of halogens is 1. The molecule has 0 aliphatic rings. The first-order valence-electron chi connectivity index (χ1n) is 8.63. The van der Waals surface area contributed by atoms with E-state index in [1.54, 1.807) is 42.5 Å². The number of ketones is 1. The summed E-state index contributed by atoms with van der Waals surface area (Å²) in [6.07, 6.45) is 0. The van der Waals surface area contributed by atoms with Gasteiger partial charge in [0, 0.05) is 10.6 Å². The quantitative estimate of drug-likeness (QED) is 0.154. The van der Waals surface area contributed by atoms with Gasteiger partial charge in [0.25, 0.3) is 1.43 Å². The summed E-state index contributed by atoms with van der Waals surface area (Å²) in [4.78, 5) is 14.8. The number of phenols is 2. The van der Waals surface area contributed by atoms with Crippen LogP contribution < -0.4 is 0 Å². The van der Waals surface area contributed by atoms with Crippen LogP contribution >= 0.6 is 38.8 Å². The Morgan fingerprint density at radius 3 is 2.29 bits per heavy atom. The van der Waals surface area contributed by atoms with Gasteiger partial charge in [0.15, 0.2) is 5.78 Å². The van der Waals surface area contributed by atoms with Crippen LogP contribution in [-0.4, -0.2) is 17.4 Å². The zero-order valence-corrected chi connectivity index (χ0v) is 19.6. The highest BCUT2D eigenvalue weighted by atomic mass is 127. The van der Waals surface area contributed by atoms with Gasteiger partial charge in [-0.15, -0.1) is 11.8 Å². The van der Waals surface area contributed by atoms with Gasteiger partial charge in [0.05, 0.1) is 10.1 Å². The van der Waals surface area contributed by atoms with Gasteiger partial charge in [-0.3, -0.25) is 4.79 Å². The summed E-state index contributed by atoms with van der Waals surface area (Å²) in [6, 6.07) is 21.3. The maximum absolute atomic E-state index is 13.2. The zero-order valence-electron chi connectivity index (χ0n) is 15.9. The molecule has 0 spiro atoms. The van der Waals surface area contributed by atoms with Crippen LogP contribution in [0.5, 0.6) is 11.5 Å². The molecule has 3 nitrogen and oxygen atoms in total. The molecule has 0 heterocycles. The molecule has 0 amide bonds. The largest absolute Gasteiger partial charge is 0.508 e. The fraction of sp³-hybridized carbons (Fsp3) is 0.0952. The molecule has 28 heavy (non-hydrogen) atoms.